The molecular weight excluding hydrogens is 950 g/mol. The van der Waals surface area contributed by atoms with Crippen molar-refractivity contribution in [1.82, 2.24) is 14.5 Å². The Kier molecular flexibility index (Phi) is 11.3. The van der Waals surface area contributed by atoms with E-state index in [-0.39, 0.29) is 32.2 Å². The summed E-state index contributed by atoms with van der Waals surface area (Å²) in [6.07, 6.45) is 1.88. The van der Waals surface area contributed by atoms with Gasteiger partial charge in [-0.05, 0) is 80.8 Å². The molecule has 0 aliphatic rings. The Balaban J connectivity index is 0.00000504. The summed E-state index contributed by atoms with van der Waals surface area (Å²) >= 11 is 0. The Morgan fingerprint density at radius 3 is 1.71 bits per heavy atom. The molecule has 4 nitrogen and oxygen atoms in total. The fraction of sp³-hybridized carbons (Fsp3) is 0.0690. The van der Waals surface area contributed by atoms with Crippen molar-refractivity contribution in [1.29, 1.82) is 0 Å². The van der Waals surface area contributed by atoms with Gasteiger partial charge in [-0.25, -0.2) is 4.98 Å². The number of imidazole rings is 1. The third kappa shape index (κ3) is 8.19. The molecule has 0 aliphatic carbocycles. The number of aromatic hydroxyl groups is 1. The van der Waals surface area contributed by atoms with Crippen LogP contribution in [0.1, 0.15) is 26.3 Å². The van der Waals surface area contributed by atoms with Crippen molar-refractivity contribution >= 4 is 11.0 Å². The van der Waals surface area contributed by atoms with E-state index in [9.17, 15) is 5.11 Å². The summed E-state index contributed by atoms with van der Waals surface area (Å²) < 4.78 is 2.21. The first-order chi connectivity index (χ1) is 30.3. The number of phenols is 1. The van der Waals surface area contributed by atoms with Crippen LogP contribution in [-0.2, 0) is 26.5 Å². The number of pyridine rings is 1. The van der Waals surface area contributed by atoms with Crippen molar-refractivity contribution in [2.24, 2.45) is 0 Å². The first-order valence-corrected chi connectivity index (χ1v) is 21.0. The van der Waals surface area contributed by atoms with E-state index < -0.39 is 0 Å². The third-order valence-corrected chi connectivity index (χ3v) is 11.6. The number of aromatic nitrogens is 3. The van der Waals surface area contributed by atoms with Crippen LogP contribution < -0.4 is 0 Å². The molecule has 0 bridgehead atoms. The number of hydrogen-bond acceptors (Lipinski definition) is 3. The van der Waals surface area contributed by atoms with Gasteiger partial charge >= 0.3 is 0 Å². The zero-order valence-electron chi connectivity index (χ0n) is 35.2. The summed E-state index contributed by atoms with van der Waals surface area (Å²) in [6, 6.07) is 73.1. The molecule has 1 N–H and O–H groups in total. The summed E-state index contributed by atoms with van der Waals surface area (Å²) in [5.74, 6) is 0.817. The van der Waals surface area contributed by atoms with E-state index in [0.29, 0.717) is 11.4 Å². The van der Waals surface area contributed by atoms with Crippen LogP contribution in [0.3, 0.4) is 0 Å². The normalized spacial score (nSPS) is 11.3. The second kappa shape index (κ2) is 17.3. The maximum absolute atomic E-state index is 11.4. The molecule has 308 valence electrons. The van der Waals surface area contributed by atoms with Crippen LogP contribution in [0.2, 0.25) is 0 Å². The molecule has 0 amide bonds. The number of phenolic OH excluding ortho intramolecular Hbond substituents is 1. The van der Waals surface area contributed by atoms with Gasteiger partial charge in [-0.15, -0.1) is 23.8 Å². The summed E-state index contributed by atoms with van der Waals surface area (Å²) in [5, 5.41) is 11.4. The summed E-state index contributed by atoms with van der Waals surface area (Å²) in [7, 11) is 0. The van der Waals surface area contributed by atoms with Gasteiger partial charge in [-0.1, -0.05) is 189 Å². The Bertz CT molecular complexity index is 3210. The molecule has 5 heteroatoms. The van der Waals surface area contributed by atoms with Gasteiger partial charge in [0, 0.05) is 38.5 Å². The van der Waals surface area contributed by atoms with Crippen LogP contribution in [0.4, 0.5) is 0 Å². The standard InChI is InChI=1S/C58H44N3O.Pt/c1-58(2,3)48-30-31-53(51(38-48)43-20-11-6-12-21-43)61-54-24-15-23-49(56(54)60-57(61)50-22-13-14-25-55(50)62)46-34-45(40-18-9-5-10-19-40)35-47(36-46)52-37-44(32-33-59-52)42-28-26-41(27-29-42)39-16-7-4-8-17-39;/h4-35,37-38,62H,1-3H3;/q-1;. The van der Waals surface area contributed by atoms with Gasteiger partial charge in [-0.2, -0.15) is 0 Å². The van der Waals surface area contributed by atoms with E-state index in [1.807, 2.05) is 42.6 Å². The molecule has 0 spiro atoms. The first-order valence-electron chi connectivity index (χ1n) is 21.0. The second-order valence-electron chi connectivity index (χ2n) is 16.7. The van der Waals surface area contributed by atoms with E-state index >= 15 is 0 Å². The molecule has 10 aromatic rings. The van der Waals surface area contributed by atoms with Crippen molar-refractivity contribution < 1.29 is 26.2 Å². The molecule has 0 saturated heterocycles. The van der Waals surface area contributed by atoms with Crippen LogP contribution in [0.5, 0.6) is 5.75 Å². The Labute approximate surface area is 383 Å². The average Bonchev–Trinajstić information content (AvgIpc) is 3.71. The summed E-state index contributed by atoms with van der Waals surface area (Å²) in [6.45, 7) is 6.73. The number of nitrogens with zero attached hydrogens (tertiary/aromatic N) is 3. The number of hydrogen-bond donors (Lipinski definition) is 1. The SMILES string of the molecule is CC(C)(C)c1ccc(-n2c(-c3ccccc3O)nc3c(-c4[c-]c(-c5cc(-c6ccc(-c7ccccc7)cc6)ccn5)cc(-c5ccccc5)c4)cccc32)c(-c2ccccc2)c1.[Pt]. The summed E-state index contributed by atoms with van der Waals surface area (Å²) in [4.78, 5) is 10.4. The van der Waals surface area contributed by atoms with Gasteiger partial charge < -0.3 is 5.11 Å². The van der Waals surface area contributed by atoms with Crippen molar-refractivity contribution in [2.45, 2.75) is 26.2 Å². The molecule has 0 saturated carbocycles. The van der Waals surface area contributed by atoms with Crippen LogP contribution in [0.25, 0.3) is 95.0 Å². The number of rotatable bonds is 8. The molecule has 0 atom stereocenters. The van der Waals surface area contributed by atoms with Crippen LogP contribution in [0.15, 0.2) is 206 Å². The largest absolute Gasteiger partial charge is 0.507 e. The van der Waals surface area contributed by atoms with Crippen LogP contribution in [0, 0.1) is 6.07 Å². The molecular formula is C58H44N3OPt-. The third-order valence-electron chi connectivity index (χ3n) is 11.6. The number of para-hydroxylation sites is 2. The van der Waals surface area contributed by atoms with Crippen molar-refractivity contribution in [2.75, 3.05) is 0 Å². The van der Waals surface area contributed by atoms with E-state index in [1.165, 1.54) is 16.7 Å². The Morgan fingerprint density at radius 2 is 1.05 bits per heavy atom. The van der Waals surface area contributed by atoms with Gasteiger partial charge in [0.1, 0.15) is 11.6 Å². The molecule has 63 heavy (non-hydrogen) atoms. The topological polar surface area (TPSA) is 50.9 Å². The minimum Gasteiger partial charge on any atom is -0.507 e. The smallest absolute Gasteiger partial charge is 0.148 e. The quantitative estimate of drug-likeness (QED) is 0.154. The minimum absolute atomic E-state index is 0. The molecule has 2 heterocycles. The Hall–Kier alpha value is -7.13. The van der Waals surface area contributed by atoms with E-state index in [0.717, 1.165) is 72.5 Å². The van der Waals surface area contributed by atoms with Crippen molar-refractivity contribution in [3.8, 4) is 89.7 Å². The van der Waals surface area contributed by atoms with Crippen molar-refractivity contribution in [3.05, 3.63) is 218 Å². The van der Waals surface area contributed by atoms with Gasteiger partial charge in [0.25, 0.3) is 0 Å². The molecule has 0 unspecified atom stereocenters. The zero-order chi connectivity index (χ0) is 42.2. The predicted octanol–water partition coefficient (Wildman–Crippen LogP) is 14.9. The Morgan fingerprint density at radius 1 is 0.476 bits per heavy atom. The molecule has 10 rings (SSSR count). The molecule has 0 aliphatic heterocycles. The average molecular weight is 994 g/mol. The second-order valence-corrected chi connectivity index (χ2v) is 16.7. The van der Waals surface area contributed by atoms with Gasteiger partial charge in [0.2, 0.25) is 0 Å². The fourth-order valence-corrected chi connectivity index (χ4v) is 8.34. The van der Waals surface area contributed by atoms with E-state index in [2.05, 4.69) is 189 Å². The predicted molar refractivity (Wildman–Crippen MR) is 256 cm³/mol. The monoisotopic (exact) mass is 993 g/mol. The van der Waals surface area contributed by atoms with Gasteiger partial charge in [0.05, 0.1) is 22.3 Å². The van der Waals surface area contributed by atoms with Crippen molar-refractivity contribution in [3.63, 3.8) is 0 Å². The molecule has 0 fully saturated rings. The van der Waals surface area contributed by atoms with Crippen LogP contribution >= 0.6 is 0 Å². The summed E-state index contributed by atoms with van der Waals surface area (Å²) in [5.41, 5.74) is 16.9. The molecule has 8 aromatic carbocycles. The maximum atomic E-state index is 11.4. The molecule has 0 radical (unpaired) electrons. The van der Waals surface area contributed by atoms with Crippen LogP contribution in [-0.4, -0.2) is 19.6 Å². The molecule has 2 aromatic heterocycles. The minimum atomic E-state index is -0.0640. The number of fused-ring (bicyclic) bond motifs is 1. The zero-order valence-corrected chi connectivity index (χ0v) is 37.5. The van der Waals surface area contributed by atoms with E-state index in [4.69, 9.17) is 9.97 Å². The van der Waals surface area contributed by atoms with E-state index in [1.54, 1.807) is 6.07 Å². The fourth-order valence-electron chi connectivity index (χ4n) is 8.34. The maximum Gasteiger partial charge on any atom is 0.148 e. The first kappa shape index (κ1) is 41.2. The van der Waals surface area contributed by atoms with Gasteiger partial charge in [-0.3, -0.25) is 9.55 Å². The van der Waals surface area contributed by atoms with Gasteiger partial charge in [0.15, 0.2) is 0 Å². The number of benzene rings is 8.